The zero-order chi connectivity index (χ0) is 16.2. The van der Waals surface area contributed by atoms with Gasteiger partial charge in [0.25, 0.3) is 0 Å². The second-order valence-corrected chi connectivity index (χ2v) is 6.22. The number of urea groups is 1. The van der Waals surface area contributed by atoms with Crippen molar-refractivity contribution in [1.82, 2.24) is 10.2 Å². The van der Waals surface area contributed by atoms with Crippen LogP contribution in [0.3, 0.4) is 0 Å². The van der Waals surface area contributed by atoms with Gasteiger partial charge in [0, 0.05) is 19.6 Å². The Balaban J connectivity index is 1.68. The van der Waals surface area contributed by atoms with Crippen molar-refractivity contribution in [1.29, 1.82) is 0 Å². The van der Waals surface area contributed by atoms with Crippen LogP contribution in [0.4, 0.5) is 4.79 Å². The standard InChI is InChI=1S/C17H20N2O3S/c1-21-15-7-13-3-5-19(10-14(13)8-16(15)22-2)17(20)18-9-12-4-6-23-11-12/h4,6-8,11H,3,5,9-10H2,1-2H3,(H,18,20). The molecule has 1 aliphatic rings. The van der Waals surface area contributed by atoms with Gasteiger partial charge in [-0.2, -0.15) is 11.3 Å². The van der Waals surface area contributed by atoms with E-state index in [-0.39, 0.29) is 6.03 Å². The third kappa shape index (κ3) is 3.42. The molecule has 6 heteroatoms. The Morgan fingerprint density at radius 3 is 2.65 bits per heavy atom. The zero-order valence-electron chi connectivity index (χ0n) is 13.3. The number of benzene rings is 1. The normalized spacial score (nSPS) is 13.4. The van der Waals surface area contributed by atoms with Gasteiger partial charge in [-0.15, -0.1) is 0 Å². The molecule has 1 N–H and O–H groups in total. The van der Waals surface area contributed by atoms with Crippen molar-refractivity contribution in [3.05, 3.63) is 45.6 Å². The van der Waals surface area contributed by atoms with Crippen LogP contribution in [0.1, 0.15) is 16.7 Å². The molecule has 0 unspecified atom stereocenters. The quantitative estimate of drug-likeness (QED) is 0.936. The third-order valence-electron chi connectivity index (χ3n) is 4.03. The predicted octanol–water partition coefficient (Wildman–Crippen LogP) is 3.03. The number of methoxy groups -OCH3 is 2. The van der Waals surface area contributed by atoms with Crippen molar-refractivity contribution in [2.24, 2.45) is 0 Å². The molecule has 0 spiro atoms. The van der Waals surface area contributed by atoms with E-state index in [2.05, 4.69) is 5.32 Å². The van der Waals surface area contributed by atoms with Gasteiger partial charge in [-0.25, -0.2) is 4.79 Å². The molecule has 1 aliphatic heterocycles. The minimum atomic E-state index is -0.0309. The number of rotatable bonds is 4. The molecule has 23 heavy (non-hydrogen) atoms. The van der Waals surface area contributed by atoms with Crippen molar-refractivity contribution in [2.45, 2.75) is 19.5 Å². The van der Waals surface area contributed by atoms with E-state index in [9.17, 15) is 4.79 Å². The van der Waals surface area contributed by atoms with Crippen molar-refractivity contribution in [3.63, 3.8) is 0 Å². The maximum atomic E-state index is 12.3. The summed E-state index contributed by atoms with van der Waals surface area (Å²) in [5.41, 5.74) is 3.45. The lowest BCUT2D eigenvalue weighted by Gasteiger charge is -2.29. The number of thiophene rings is 1. The number of carbonyl (C=O) groups is 1. The minimum absolute atomic E-state index is 0.0309. The van der Waals surface area contributed by atoms with Gasteiger partial charge in [0.05, 0.1) is 14.2 Å². The van der Waals surface area contributed by atoms with Gasteiger partial charge in [-0.1, -0.05) is 0 Å². The second kappa shape index (κ2) is 6.91. The van der Waals surface area contributed by atoms with Crippen LogP contribution in [0.5, 0.6) is 11.5 Å². The number of ether oxygens (including phenoxy) is 2. The topological polar surface area (TPSA) is 50.8 Å². The molecule has 0 fully saturated rings. The summed E-state index contributed by atoms with van der Waals surface area (Å²) in [7, 11) is 3.26. The Morgan fingerprint density at radius 2 is 2.00 bits per heavy atom. The first-order valence-corrected chi connectivity index (χ1v) is 8.43. The van der Waals surface area contributed by atoms with E-state index in [0.717, 1.165) is 23.3 Å². The van der Waals surface area contributed by atoms with Crippen molar-refractivity contribution >= 4 is 17.4 Å². The fourth-order valence-electron chi connectivity index (χ4n) is 2.74. The Morgan fingerprint density at radius 1 is 1.26 bits per heavy atom. The number of hydrogen-bond donors (Lipinski definition) is 1. The third-order valence-corrected chi connectivity index (χ3v) is 4.76. The summed E-state index contributed by atoms with van der Waals surface area (Å²) in [4.78, 5) is 14.2. The molecule has 0 saturated heterocycles. The number of hydrogen-bond acceptors (Lipinski definition) is 4. The fourth-order valence-corrected chi connectivity index (χ4v) is 3.41. The summed E-state index contributed by atoms with van der Waals surface area (Å²) < 4.78 is 10.7. The molecule has 0 bridgehead atoms. The Hall–Kier alpha value is -2.21. The van der Waals surface area contributed by atoms with E-state index in [0.29, 0.717) is 25.4 Å². The highest BCUT2D eigenvalue weighted by Crippen LogP contribution is 2.33. The molecule has 2 aromatic rings. The van der Waals surface area contributed by atoms with Crippen LogP contribution in [0, 0.1) is 0 Å². The summed E-state index contributed by atoms with van der Waals surface area (Å²) in [6.07, 6.45) is 0.821. The highest BCUT2D eigenvalue weighted by molar-refractivity contribution is 7.07. The smallest absolute Gasteiger partial charge is 0.317 e. The molecule has 2 amide bonds. The van der Waals surface area contributed by atoms with Gasteiger partial charge in [-0.3, -0.25) is 0 Å². The predicted molar refractivity (Wildman–Crippen MR) is 90.2 cm³/mol. The lowest BCUT2D eigenvalue weighted by molar-refractivity contribution is 0.191. The van der Waals surface area contributed by atoms with Crippen LogP contribution >= 0.6 is 11.3 Å². The summed E-state index contributed by atoms with van der Waals surface area (Å²) >= 11 is 1.63. The van der Waals surface area contributed by atoms with E-state index in [1.807, 2.05) is 33.9 Å². The molecule has 5 nitrogen and oxygen atoms in total. The van der Waals surface area contributed by atoms with Crippen LogP contribution < -0.4 is 14.8 Å². The fraction of sp³-hybridized carbons (Fsp3) is 0.353. The molecule has 1 aromatic carbocycles. The Labute approximate surface area is 139 Å². The van der Waals surface area contributed by atoms with Crippen molar-refractivity contribution in [3.8, 4) is 11.5 Å². The van der Waals surface area contributed by atoms with E-state index in [1.165, 1.54) is 5.56 Å². The van der Waals surface area contributed by atoms with E-state index < -0.39 is 0 Å². The monoisotopic (exact) mass is 332 g/mol. The summed E-state index contributed by atoms with van der Waals surface area (Å²) in [5.74, 6) is 1.44. The molecular formula is C17H20N2O3S. The number of nitrogens with zero attached hydrogens (tertiary/aromatic N) is 1. The highest BCUT2D eigenvalue weighted by Gasteiger charge is 2.22. The van der Waals surface area contributed by atoms with Crippen LogP contribution in [0.25, 0.3) is 0 Å². The molecule has 0 aliphatic carbocycles. The number of amides is 2. The van der Waals surface area contributed by atoms with Crippen molar-refractivity contribution in [2.75, 3.05) is 20.8 Å². The molecule has 3 rings (SSSR count). The molecule has 0 radical (unpaired) electrons. The average Bonchev–Trinajstić information content (AvgIpc) is 3.11. The lowest BCUT2D eigenvalue weighted by Crippen LogP contribution is -2.42. The number of carbonyl (C=O) groups excluding carboxylic acids is 1. The summed E-state index contributed by atoms with van der Waals surface area (Å²) in [6.45, 7) is 1.86. The molecule has 0 atom stereocenters. The first-order chi connectivity index (χ1) is 11.2. The minimum Gasteiger partial charge on any atom is -0.493 e. The summed E-state index contributed by atoms with van der Waals surface area (Å²) in [5, 5.41) is 7.03. The average molecular weight is 332 g/mol. The SMILES string of the molecule is COc1cc2c(cc1OC)CN(C(=O)NCc1ccsc1)CC2. The van der Waals surface area contributed by atoms with Crippen LogP contribution in [-0.2, 0) is 19.5 Å². The van der Waals surface area contributed by atoms with Gasteiger partial charge in [0.2, 0.25) is 0 Å². The Bertz CT molecular complexity index is 685. The molecule has 122 valence electrons. The highest BCUT2D eigenvalue weighted by atomic mass is 32.1. The van der Waals surface area contributed by atoms with Gasteiger partial charge in [0.1, 0.15) is 0 Å². The van der Waals surface area contributed by atoms with Gasteiger partial charge >= 0.3 is 6.03 Å². The first-order valence-electron chi connectivity index (χ1n) is 7.49. The second-order valence-electron chi connectivity index (χ2n) is 5.44. The van der Waals surface area contributed by atoms with Crippen LogP contribution in [-0.4, -0.2) is 31.7 Å². The molecular weight excluding hydrogens is 312 g/mol. The maximum absolute atomic E-state index is 12.3. The first kappa shape index (κ1) is 15.7. The van der Waals surface area contributed by atoms with Gasteiger partial charge in [-0.05, 0) is 52.1 Å². The largest absolute Gasteiger partial charge is 0.493 e. The van der Waals surface area contributed by atoms with Crippen LogP contribution in [0.2, 0.25) is 0 Å². The molecule has 1 aromatic heterocycles. The maximum Gasteiger partial charge on any atom is 0.317 e. The van der Waals surface area contributed by atoms with Crippen LogP contribution in [0.15, 0.2) is 29.0 Å². The lowest BCUT2D eigenvalue weighted by atomic mass is 9.99. The van der Waals surface area contributed by atoms with Gasteiger partial charge < -0.3 is 19.7 Å². The zero-order valence-corrected chi connectivity index (χ0v) is 14.1. The molecule has 0 saturated carbocycles. The van der Waals surface area contributed by atoms with E-state index in [1.54, 1.807) is 25.6 Å². The number of nitrogens with one attached hydrogen (secondary N) is 1. The van der Waals surface area contributed by atoms with E-state index >= 15 is 0 Å². The van der Waals surface area contributed by atoms with Gasteiger partial charge in [0.15, 0.2) is 11.5 Å². The van der Waals surface area contributed by atoms with Crippen molar-refractivity contribution < 1.29 is 14.3 Å². The molecule has 2 heterocycles. The Kier molecular flexibility index (Phi) is 4.71. The van der Waals surface area contributed by atoms with E-state index in [4.69, 9.17) is 9.47 Å². The summed E-state index contributed by atoms with van der Waals surface area (Å²) in [6, 6.07) is 5.96. The number of fused-ring (bicyclic) bond motifs is 1.